The van der Waals surface area contributed by atoms with Crippen LogP contribution in [0.15, 0.2) is 34.9 Å². The minimum absolute atomic E-state index is 0.809. The van der Waals surface area contributed by atoms with Gasteiger partial charge in [-0.3, -0.25) is 5.41 Å². The molecular formula is C16H22N2S. The van der Waals surface area contributed by atoms with E-state index in [4.69, 9.17) is 5.41 Å². The quantitative estimate of drug-likeness (QED) is 0.630. The highest BCUT2D eigenvalue weighted by molar-refractivity contribution is 8.02. The van der Waals surface area contributed by atoms with Crippen molar-refractivity contribution in [3.05, 3.63) is 46.0 Å². The molecule has 0 saturated carbocycles. The van der Waals surface area contributed by atoms with E-state index in [2.05, 4.69) is 42.3 Å². The number of hydrogen-bond acceptors (Lipinski definition) is 2. The van der Waals surface area contributed by atoms with Crippen LogP contribution >= 0.6 is 11.8 Å². The van der Waals surface area contributed by atoms with Gasteiger partial charge in [-0.1, -0.05) is 29.8 Å². The van der Waals surface area contributed by atoms with Crippen LogP contribution in [0.2, 0.25) is 0 Å². The third-order valence-electron chi connectivity index (χ3n) is 3.61. The third-order valence-corrected chi connectivity index (χ3v) is 4.54. The summed E-state index contributed by atoms with van der Waals surface area (Å²) in [5, 5.41) is 7.71. The number of thioether (sulfide) groups is 1. The van der Waals surface area contributed by atoms with Crippen molar-refractivity contribution in [2.45, 2.75) is 39.2 Å². The van der Waals surface area contributed by atoms with Crippen molar-refractivity contribution in [2.75, 3.05) is 6.26 Å². The summed E-state index contributed by atoms with van der Waals surface area (Å²) in [6.45, 7) is 2.91. The number of allylic oxidation sites excluding steroid dienone is 2. The average molecular weight is 274 g/mol. The Morgan fingerprint density at radius 2 is 1.89 bits per heavy atom. The number of nitrogens with one attached hydrogen (secondary N) is 1. The molecule has 0 bridgehead atoms. The van der Waals surface area contributed by atoms with E-state index in [0.717, 1.165) is 13.0 Å². The van der Waals surface area contributed by atoms with Crippen LogP contribution in [0.5, 0.6) is 0 Å². The first-order valence-corrected chi connectivity index (χ1v) is 8.06. The molecule has 0 amide bonds. The third kappa shape index (κ3) is 3.63. The van der Waals surface area contributed by atoms with Crippen LogP contribution < -0.4 is 0 Å². The first kappa shape index (κ1) is 14.2. The van der Waals surface area contributed by atoms with Crippen molar-refractivity contribution >= 4 is 18.1 Å². The zero-order valence-electron chi connectivity index (χ0n) is 11.8. The predicted molar refractivity (Wildman–Crippen MR) is 84.5 cm³/mol. The molecule has 19 heavy (non-hydrogen) atoms. The Bertz CT molecular complexity index is 462. The van der Waals surface area contributed by atoms with Crippen LogP contribution in [0.4, 0.5) is 0 Å². The maximum atomic E-state index is 7.71. The maximum Gasteiger partial charge on any atom is 0.0862 e. The lowest BCUT2D eigenvalue weighted by Gasteiger charge is -2.28. The lowest BCUT2D eigenvalue weighted by molar-refractivity contribution is 0.466. The molecule has 0 spiro atoms. The monoisotopic (exact) mass is 274 g/mol. The van der Waals surface area contributed by atoms with Gasteiger partial charge < -0.3 is 4.90 Å². The molecule has 102 valence electrons. The van der Waals surface area contributed by atoms with Gasteiger partial charge in [-0.2, -0.15) is 0 Å². The first-order chi connectivity index (χ1) is 9.24. The number of hydrogen-bond donors (Lipinski definition) is 1. The second-order valence-corrected chi connectivity index (χ2v) is 5.92. The summed E-state index contributed by atoms with van der Waals surface area (Å²) in [4.78, 5) is 3.57. The Morgan fingerprint density at radius 1 is 1.21 bits per heavy atom. The summed E-state index contributed by atoms with van der Waals surface area (Å²) in [6.07, 6.45) is 8.45. The topological polar surface area (TPSA) is 27.1 Å². The zero-order chi connectivity index (χ0) is 13.7. The fourth-order valence-corrected chi connectivity index (χ4v) is 3.30. The maximum absolute atomic E-state index is 7.71. The standard InChI is InChI=1S/C16H22N2S/c1-13-7-9-14(10-8-13)11-18(12-17)15-5-3-4-6-16(15)19-2/h7-10,12,17H,3-6,11H2,1-2H3. The summed E-state index contributed by atoms with van der Waals surface area (Å²) in [7, 11) is 0. The molecule has 0 saturated heterocycles. The van der Waals surface area contributed by atoms with Gasteiger partial charge in [0.2, 0.25) is 0 Å². The van der Waals surface area contributed by atoms with Crippen LogP contribution in [0.3, 0.4) is 0 Å². The Balaban J connectivity index is 2.17. The minimum atomic E-state index is 0.809. The van der Waals surface area contributed by atoms with Crippen molar-refractivity contribution in [1.82, 2.24) is 4.90 Å². The zero-order valence-corrected chi connectivity index (χ0v) is 12.6. The van der Waals surface area contributed by atoms with Crippen LogP contribution in [0.25, 0.3) is 0 Å². The molecule has 0 aliphatic heterocycles. The summed E-state index contributed by atoms with van der Waals surface area (Å²) in [5.41, 5.74) is 3.91. The number of aryl methyl sites for hydroxylation is 1. The van der Waals surface area contributed by atoms with Gasteiger partial charge in [-0.25, -0.2) is 0 Å². The molecule has 1 N–H and O–H groups in total. The molecule has 0 fully saturated rings. The molecular weight excluding hydrogens is 252 g/mol. The summed E-state index contributed by atoms with van der Waals surface area (Å²) >= 11 is 1.85. The molecule has 1 aliphatic carbocycles. The SMILES string of the molecule is CSC1=C(N(C=N)Cc2ccc(C)cc2)CCCC1. The van der Waals surface area contributed by atoms with Crippen LogP contribution in [0, 0.1) is 12.3 Å². The molecule has 3 heteroatoms. The van der Waals surface area contributed by atoms with Crippen molar-refractivity contribution < 1.29 is 0 Å². The summed E-state index contributed by atoms with van der Waals surface area (Å²) < 4.78 is 0. The van der Waals surface area contributed by atoms with E-state index in [0.29, 0.717) is 0 Å². The number of benzene rings is 1. The average Bonchev–Trinajstić information content (AvgIpc) is 2.46. The van der Waals surface area contributed by atoms with Gasteiger partial charge in [-0.05, 0) is 44.4 Å². The lowest BCUT2D eigenvalue weighted by Crippen LogP contribution is -2.23. The lowest BCUT2D eigenvalue weighted by atomic mass is 10.0. The molecule has 1 aromatic carbocycles. The van der Waals surface area contributed by atoms with E-state index in [1.165, 1.54) is 47.3 Å². The molecule has 0 atom stereocenters. The number of rotatable bonds is 5. The van der Waals surface area contributed by atoms with E-state index in [1.54, 1.807) is 0 Å². The summed E-state index contributed by atoms with van der Waals surface area (Å²) in [6, 6.07) is 8.60. The highest BCUT2D eigenvalue weighted by Crippen LogP contribution is 2.33. The molecule has 2 nitrogen and oxygen atoms in total. The molecule has 0 unspecified atom stereocenters. The van der Waals surface area contributed by atoms with Crippen LogP contribution in [-0.4, -0.2) is 17.5 Å². The molecule has 0 heterocycles. The Morgan fingerprint density at radius 3 is 2.53 bits per heavy atom. The second-order valence-electron chi connectivity index (χ2n) is 5.02. The molecule has 1 aliphatic rings. The second kappa shape index (κ2) is 6.80. The first-order valence-electron chi connectivity index (χ1n) is 6.83. The highest BCUT2D eigenvalue weighted by atomic mass is 32.2. The Hall–Kier alpha value is -1.22. The van der Waals surface area contributed by atoms with E-state index < -0.39 is 0 Å². The van der Waals surface area contributed by atoms with E-state index in [9.17, 15) is 0 Å². The molecule has 1 aromatic rings. The number of nitrogens with zero attached hydrogens (tertiary/aromatic N) is 1. The normalized spacial score (nSPS) is 15.5. The van der Waals surface area contributed by atoms with Crippen molar-refractivity contribution in [2.24, 2.45) is 0 Å². The van der Waals surface area contributed by atoms with Crippen molar-refractivity contribution in [1.29, 1.82) is 5.41 Å². The van der Waals surface area contributed by atoms with E-state index in [-0.39, 0.29) is 0 Å². The largest absolute Gasteiger partial charge is 0.331 e. The van der Waals surface area contributed by atoms with E-state index >= 15 is 0 Å². The smallest absolute Gasteiger partial charge is 0.0862 e. The molecule has 0 aromatic heterocycles. The van der Waals surface area contributed by atoms with E-state index in [1.807, 2.05) is 11.8 Å². The van der Waals surface area contributed by atoms with Gasteiger partial charge in [0.05, 0.1) is 6.34 Å². The fraction of sp³-hybridized carbons (Fsp3) is 0.438. The fourth-order valence-electron chi connectivity index (χ4n) is 2.49. The van der Waals surface area contributed by atoms with Gasteiger partial charge in [0.15, 0.2) is 0 Å². The Labute approximate surface area is 120 Å². The van der Waals surface area contributed by atoms with Gasteiger partial charge in [0.25, 0.3) is 0 Å². The van der Waals surface area contributed by atoms with Crippen molar-refractivity contribution in [3.8, 4) is 0 Å². The van der Waals surface area contributed by atoms with Gasteiger partial charge in [0, 0.05) is 17.1 Å². The predicted octanol–water partition coefficient (Wildman–Crippen LogP) is 4.55. The van der Waals surface area contributed by atoms with Gasteiger partial charge in [0.1, 0.15) is 0 Å². The molecule has 0 radical (unpaired) electrons. The molecule has 2 rings (SSSR count). The highest BCUT2D eigenvalue weighted by Gasteiger charge is 2.17. The Kier molecular flexibility index (Phi) is 5.08. The van der Waals surface area contributed by atoms with Gasteiger partial charge in [-0.15, -0.1) is 11.8 Å². The van der Waals surface area contributed by atoms with Gasteiger partial charge >= 0.3 is 0 Å². The summed E-state index contributed by atoms with van der Waals surface area (Å²) in [5.74, 6) is 0. The van der Waals surface area contributed by atoms with Crippen molar-refractivity contribution in [3.63, 3.8) is 0 Å². The van der Waals surface area contributed by atoms with Crippen LogP contribution in [-0.2, 0) is 6.54 Å². The minimum Gasteiger partial charge on any atom is -0.331 e. The van der Waals surface area contributed by atoms with Crippen LogP contribution in [0.1, 0.15) is 36.8 Å².